The highest BCUT2D eigenvalue weighted by atomic mass is 16.4. The molecule has 17 heavy (non-hydrogen) atoms. The molecule has 0 bridgehead atoms. The van der Waals surface area contributed by atoms with Crippen LogP contribution in [-0.4, -0.2) is 52.3 Å². The molecule has 0 aromatic heterocycles. The molecule has 1 unspecified atom stereocenters. The summed E-state index contributed by atoms with van der Waals surface area (Å²) in [7, 11) is 1.46. The standard InChI is InChI=1S/C11H20N2O4/c1-7(10(15)16)13(2)11(17)12-8-3-5-9(14)6-4-8/h7-9,14H,3-6H2,1-2H3,(H,12,17)(H,15,16). The van der Waals surface area contributed by atoms with Crippen LogP contribution in [0.2, 0.25) is 0 Å². The highest BCUT2D eigenvalue weighted by Crippen LogP contribution is 2.18. The molecule has 1 saturated carbocycles. The van der Waals surface area contributed by atoms with Crippen molar-refractivity contribution in [3.63, 3.8) is 0 Å². The predicted molar refractivity (Wildman–Crippen MR) is 61.7 cm³/mol. The molecule has 6 heteroatoms. The number of amides is 2. The number of carboxylic acid groups (broad SMARTS) is 1. The van der Waals surface area contributed by atoms with Gasteiger partial charge in [-0.1, -0.05) is 0 Å². The molecule has 1 aliphatic carbocycles. The van der Waals surface area contributed by atoms with Crippen LogP contribution < -0.4 is 5.32 Å². The topological polar surface area (TPSA) is 89.9 Å². The molecular formula is C11H20N2O4. The number of hydrogen-bond acceptors (Lipinski definition) is 3. The first kappa shape index (κ1) is 13.8. The van der Waals surface area contributed by atoms with Crippen LogP contribution in [0.4, 0.5) is 4.79 Å². The van der Waals surface area contributed by atoms with Crippen molar-refractivity contribution >= 4 is 12.0 Å². The minimum atomic E-state index is -1.03. The van der Waals surface area contributed by atoms with Crippen LogP contribution in [0, 0.1) is 0 Å². The van der Waals surface area contributed by atoms with Gasteiger partial charge in [-0.15, -0.1) is 0 Å². The van der Waals surface area contributed by atoms with Crippen molar-refractivity contribution in [2.75, 3.05) is 7.05 Å². The molecule has 0 saturated heterocycles. The highest BCUT2D eigenvalue weighted by Gasteiger charge is 2.25. The molecule has 1 fully saturated rings. The average molecular weight is 244 g/mol. The minimum absolute atomic E-state index is 0.0364. The quantitative estimate of drug-likeness (QED) is 0.670. The van der Waals surface area contributed by atoms with Crippen LogP contribution in [0.3, 0.4) is 0 Å². The molecule has 6 nitrogen and oxygen atoms in total. The zero-order chi connectivity index (χ0) is 13.0. The second-order valence-electron chi connectivity index (χ2n) is 4.58. The van der Waals surface area contributed by atoms with E-state index in [1.165, 1.54) is 18.9 Å². The molecule has 0 radical (unpaired) electrons. The Balaban J connectivity index is 2.41. The lowest BCUT2D eigenvalue weighted by atomic mass is 9.93. The van der Waals surface area contributed by atoms with Crippen molar-refractivity contribution in [3.05, 3.63) is 0 Å². The maximum atomic E-state index is 11.7. The zero-order valence-electron chi connectivity index (χ0n) is 10.2. The van der Waals surface area contributed by atoms with Gasteiger partial charge in [-0.05, 0) is 32.6 Å². The summed E-state index contributed by atoms with van der Waals surface area (Å²) in [4.78, 5) is 23.6. The Kier molecular flexibility index (Phi) is 4.74. The van der Waals surface area contributed by atoms with E-state index in [0.717, 1.165) is 12.8 Å². The fourth-order valence-corrected chi connectivity index (χ4v) is 1.84. The van der Waals surface area contributed by atoms with Gasteiger partial charge in [0.2, 0.25) is 0 Å². The van der Waals surface area contributed by atoms with Gasteiger partial charge in [-0.25, -0.2) is 9.59 Å². The summed E-state index contributed by atoms with van der Waals surface area (Å²) in [6.45, 7) is 1.46. The number of nitrogens with zero attached hydrogens (tertiary/aromatic N) is 1. The monoisotopic (exact) mass is 244 g/mol. The number of aliphatic hydroxyl groups is 1. The van der Waals surface area contributed by atoms with Gasteiger partial charge in [0.05, 0.1) is 6.10 Å². The van der Waals surface area contributed by atoms with Crippen LogP contribution in [0.1, 0.15) is 32.6 Å². The van der Waals surface area contributed by atoms with E-state index in [0.29, 0.717) is 12.8 Å². The maximum Gasteiger partial charge on any atom is 0.326 e. The Morgan fingerprint density at radius 1 is 1.29 bits per heavy atom. The number of aliphatic hydroxyl groups excluding tert-OH is 1. The Morgan fingerprint density at radius 2 is 1.82 bits per heavy atom. The van der Waals surface area contributed by atoms with Crippen LogP contribution in [0.15, 0.2) is 0 Å². The first-order valence-electron chi connectivity index (χ1n) is 5.86. The largest absolute Gasteiger partial charge is 0.480 e. The van der Waals surface area contributed by atoms with E-state index in [1.54, 1.807) is 0 Å². The Bertz CT molecular complexity index is 287. The lowest BCUT2D eigenvalue weighted by Gasteiger charge is -2.29. The molecule has 2 amide bonds. The molecular weight excluding hydrogens is 224 g/mol. The average Bonchev–Trinajstić information content (AvgIpc) is 2.30. The third-order valence-electron chi connectivity index (χ3n) is 3.28. The van der Waals surface area contributed by atoms with E-state index in [9.17, 15) is 14.7 Å². The molecule has 1 aliphatic rings. The summed E-state index contributed by atoms with van der Waals surface area (Å²) in [5.41, 5.74) is 0. The number of carboxylic acids is 1. The van der Waals surface area contributed by atoms with Gasteiger partial charge in [0.15, 0.2) is 0 Å². The number of carbonyl (C=O) groups excluding carboxylic acids is 1. The molecule has 0 aromatic carbocycles. The third kappa shape index (κ3) is 3.89. The maximum absolute atomic E-state index is 11.7. The molecule has 0 aliphatic heterocycles. The van der Waals surface area contributed by atoms with E-state index in [-0.39, 0.29) is 18.2 Å². The van der Waals surface area contributed by atoms with Crippen molar-refractivity contribution in [1.29, 1.82) is 0 Å². The lowest BCUT2D eigenvalue weighted by Crippen LogP contribution is -2.49. The zero-order valence-corrected chi connectivity index (χ0v) is 10.2. The van der Waals surface area contributed by atoms with Gasteiger partial charge >= 0.3 is 12.0 Å². The van der Waals surface area contributed by atoms with Gasteiger partial charge < -0.3 is 20.4 Å². The van der Waals surface area contributed by atoms with Crippen molar-refractivity contribution in [2.45, 2.75) is 50.8 Å². The molecule has 3 N–H and O–H groups in total. The molecule has 1 atom stereocenters. The summed E-state index contributed by atoms with van der Waals surface area (Å²) in [5, 5.41) is 20.9. The highest BCUT2D eigenvalue weighted by molar-refractivity contribution is 5.82. The van der Waals surface area contributed by atoms with Crippen molar-refractivity contribution in [2.24, 2.45) is 0 Å². The molecule has 0 heterocycles. The summed E-state index contributed by atoms with van der Waals surface area (Å²) in [6.07, 6.45) is 2.58. The number of urea groups is 1. The number of carbonyl (C=O) groups is 2. The van der Waals surface area contributed by atoms with Gasteiger partial charge in [-0.3, -0.25) is 0 Å². The number of aliphatic carboxylic acids is 1. The van der Waals surface area contributed by atoms with Gasteiger partial charge in [0.25, 0.3) is 0 Å². The van der Waals surface area contributed by atoms with Crippen LogP contribution in [0.5, 0.6) is 0 Å². The number of likely N-dealkylation sites (N-methyl/N-ethyl adjacent to an activating group) is 1. The number of rotatable bonds is 3. The Hall–Kier alpha value is -1.30. The number of hydrogen-bond donors (Lipinski definition) is 3. The molecule has 1 rings (SSSR count). The van der Waals surface area contributed by atoms with Crippen molar-refractivity contribution in [1.82, 2.24) is 10.2 Å². The van der Waals surface area contributed by atoms with Crippen LogP contribution in [-0.2, 0) is 4.79 Å². The Labute approximate surface area is 101 Å². The minimum Gasteiger partial charge on any atom is -0.480 e. The van der Waals surface area contributed by atoms with E-state index < -0.39 is 12.0 Å². The van der Waals surface area contributed by atoms with Crippen molar-refractivity contribution < 1.29 is 19.8 Å². The van der Waals surface area contributed by atoms with E-state index in [2.05, 4.69) is 5.32 Å². The van der Waals surface area contributed by atoms with Gasteiger partial charge in [0, 0.05) is 13.1 Å². The normalized spacial score (nSPS) is 26.1. The Morgan fingerprint density at radius 3 is 2.29 bits per heavy atom. The SMILES string of the molecule is CC(C(=O)O)N(C)C(=O)NC1CCC(O)CC1. The first-order valence-corrected chi connectivity index (χ1v) is 5.86. The van der Waals surface area contributed by atoms with Gasteiger partial charge in [-0.2, -0.15) is 0 Å². The molecule has 0 spiro atoms. The fourth-order valence-electron chi connectivity index (χ4n) is 1.84. The third-order valence-corrected chi connectivity index (χ3v) is 3.28. The predicted octanol–water partition coefficient (Wildman–Crippen LogP) is 0.404. The van der Waals surface area contributed by atoms with E-state index in [1.807, 2.05) is 0 Å². The number of nitrogens with one attached hydrogen (secondary N) is 1. The van der Waals surface area contributed by atoms with Crippen LogP contribution >= 0.6 is 0 Å². The summed E-state index contributed by atoms with van der Waals surface area (Å²) < 4.78 is 0. The van der Waals surface area contributed by atoms with Gasteiger partial charge in [0.1, 0.15) is 6.04 Å². The molecule has 98 valence electrons. The fraction of sp³-hybridized carbons (Fsp3) is 0.818. The second-order valence-corrected chi connectivity index (χ2v) is 4.58. The summed E-state index contributed by atoms with van der Waals surface area (Å²) >= 11 is 0. The second kappa shape index (κ2) is 5.86. The summed E-state index contributed by atoms with van der Waals surface area (Å²) in [5.74, 6) is -1.03. The van der Waals surface area contributed by atoms with E-state index in [4.69, 9.17) is 5.11 Å². The van der Waals surface area contributed by atoms with Crippen LogP contribution in [0.25, 0.3) is 0 Å². The lowest BCUT2D eigenvalue weighted by molar-refractivity contribution is -0.141. The van der Waals surface area contributed by atoms with Crippen molar-refractivity contribution in [3.8, 4) is 0 Å². The molecule has 0 aromatic rings. The smallest absolute Gasteiger partial charge is 0.326 e. The first-order chi connectivity index (χ1) is 7.91. The van der Waals surface area contributed by atoms with E-state index >= 15 is 0 Å². The summed E-state index contributed by atoms with van der Waals surface area (Å²) in [6, 6.07) is -1.18.